The zero-order chi connectivity index (χ0) is 15.4. The molecule has 1 aromatic carbocycles. The molecule has 3 rings (SSSR count). The Labute approximate surface area is 130 Å². The van der Waals surface area contributed by atoms with Gasteiger partial charge in [-0.2, -0.15) is 0 Å². The van der Waals surface area contributed by atoms with Gasteiger partial charge >= 0.3 is 0 Å². The fraction of sp³-hybridized carbons (Fsp3) is 0.389. The van der Waals surface area contributed by atoms with Gasteiger partial charge in [0.05, 0.1) is 18.8 Å². The van der Waals surface area contributed by atoms with Gasteiger partial charge in [-0.25, -0.2) is 0 Å². The van der Waals surface area contributed by atoms with E-state index in [-0.39, 0.29) is 24.5 Å². The second-order valence-electron chi connectivity index (χ2n) is 5.93. The zero-order valence-electron chi connectivity index (χ0n) is 12.8. The summed E-state index contributed by atoms with van der Waals surface area (Å²) in [4.78, 5) is 12.1. The summed E-state index contributed by atoms with van der Waals surface area (Å²) in [6.45, 7) is 2.36. The van der Waals surface area contributed by atoms with Gasteiger partial charge in [0.1, 0.15) is 5.76 Å². The van der Waals surface area contributed by atoms with Gasteiger partial charge in [0, 0.05) is 6.04 Å². The fourth-order valence-corrected chi connectivity index (χ4v) is 2.70. The molecule has 0 aliphatic heterocycles. The smallest absolute Gasteiger partial charge is 0.234 e. The average Bonchev–Trinajstić information content (AvgIpc) is 3.25. The predicted octanol–water partition coefficient (Wildman–Crippen LogP) is 2.87. The van der Waals surface area contributed by atoms with E-state index in [9.17, 15) is 4.79 Å². The third kappa shape index (κ3) is 3.77. The van der Waals surface area contributed by atoms with Gasteiger partial charge in [-0.3, -0.25) is 10.1 Å². The van der Waals surface area contributed by atoms with Crippen LogP contribution in [0.2, 0.25) is 0 Å². The van der Waals surface area contributed by atoms with E-state index in [1.165, 1.54) is 12.8 Å². The highest BCUT2D eigenvalue weighted by molar-refractivity contribution is 5.78. The Morgan fingerprint density at radius 2 is 2.00 bits per heavy atom. The lowest BCUT2D eigenvalue weighted by molar-refractivity contribution is -0.121. The van der Waals surface area contributed by atoms with Crippen molar-refractivity contribution >= 4 is 5.91 Å². The second-order valence-corrected chi connectivity index (χ2v) is 5.93. The van der Waals surface area contributed by atoms with Crippen LogP contribution in [0.3, 0.4) is 0 Å². The molecular formula is C18H22N2O2. The third-order valence-electron chi connectivity index (χ3n) is 4.15. The maximum absolute atomic E-state index is 12.1. The number of rotatable bonds is 7. The molecule has 1 saturated carbocycles. The third-order valence-corrected chi connectivity index (χ3v) is 4.15. The van der Waals surface area contributed by atoms with Gasteiger partial charge in [-0.05, 0) is 43.4 Å². The van der Waals surface area contributed by atoms with Gasteiger partial charge in [0.25, 0.3) is 0 Å². The summed E-state index contributed by atoms with van der Waals surface area (Å²) in [7, 11) is 0. The molecule has 0 spiro atoms. The predicted molar refractivity (Wildman–Crippen MR) is 85.3 cm³/mol. The highest BCUT2D eigenvalue weighted by atomic mass is 16.3. The first kappa shape index (κ1) is 14.9. The Morgan fingerprint density at radius 3 is 2.64 bits per heavy atom. The van der Waals surface area contributed by atoms with Crippen LogP contribution in [0.4, 0.5) is 0 Å². The topological polar surface area (TPSA) is 54.3 Å². The van der Waals surface area contributed by atoms with E-state index in [0.29, 0.717) is 5.92 Å². The number of benzene rings is 1. The van der Waals surface area contributed by atoms with Crippen molar-refractivity contribution in [3.8, 4) is 0 Å². The number of carbonyl (C=O) groups is 1. The lowest BCUT2D eigenvalue weighted by Gasteiger charge is -2.18. The number of hydrogen-bond donors (Lipinski definition) is 2. The monoisotopic (exact) mass is 298 g/mol. The number of furan rings is 1. The molecule has 4 heteroatoms. The Morgan fingerprint density at radius 1 is 1.23 bits per heavy atom. The molecule has 116 valence electrons. The molecule has 1 fully saturated rings. The van der Waals surface area contributed by atoms with Gasteiger partial charge in [0.2, 0.25) is 5.91 Å². The molecule has 0 radical (unpaired) electrons. The van der Waals surface area contributed by atoms with Crippen LogP contribution in [-0.2, 0) is 4.79 Å². The highest BCUT2D eigenvalue weighted by Crippen LogP contribution is 2.32. The van der Waals surface area contributed by atoms with Crippen LogP contribution in [0.1, 0.15) is 37.1 Å². The summed E-state index contributed by atoms with van der Waals surface area (Å²) < 4.78 is 5.52. The van der Waals surface area contributed by atoms with E-state index in [1.807, 2.05) is 42.5 Å². The summed E-state index contributed by atoms with van der Waals surface area (Å²) in [5.74, 6) is 1.51. The molecule has 22 heavy (non-hydrogen) atoms. The second kappa shape index (κ2) is 6.79. The first-order chi connectivity index (χ1) is 10.7. The summed E-state index contributed by atoms with van der Waals surface area (Å²) in [5, 5.41) is 6.36. The Balaban J connectivity index is 1.62. The minimum atomic E-state index is -0.113. The number of carbonyl (C=O) groups excluding carboxylic acids is 1. The van der Waals surface area contributed by atoms with Crippen molar-refractivity contribution in [3.05, 3.63) is 60.1 Å². The molecule has 2 aromatic rings. The quantitative estimate of drug-likeness (QED) is 0.826. The van der Waals surface area contributed by atoms with E-state index < -0.39 is 0 Å². The number of amides is 1. The lowest BCUT2D eigenvalue weighted by Crippen LogP contribution is -2.41. The largest absolute Gasteiger partial charge is 0.467 e. The standard InChI is InChI=1S/C18H22N2O2/c1-13(14-9-10-14)20-17(21)12-19-18(16-8-5-11-22-16)15-6-3-2-4-7-15/h2-8,11,13-14,18-19H,9-10,12H2,1H3,(H,20,21)/t13-,18-/m0/s1. The normalized spacial score (nSPS) is 17.0. The molecule has 1 heterocycles. The van der Waals surface area contributed by atoms with Gasteiger partial charge < -0.3 is 9.73 Å². The average molecular weight is 298 g/mol. The van der Waals surface area contributed by atoms with Crippen LogP contribution < -0.4 is 10.6 Å². The summed E-state index contributed by atoms with van der Waals surface area (Å²) in [6.07, 6.45) is 4.12. The zero-order valence-corrected chi connectivity index (χ0v) is 12.8. The molecule has 2 N–H and O–H groups in total. The van der Waals surface area contributed by atoms with E-state index in [0.717, 1.165) is 11.3 Å². The summed E-state index contributed by atoms with van der Waals surface area (Å²) >= 11 is 0. The Hall–Kier alpha value is -2.07. The van der Waals surface area contributed by atoms with Crippen molar-refractivity contribution in [1.29, 1.82) is 0 Å². The van der Waals surface area contributed by atoms with Crippen molar-refractivity contribution in [2.24, 2.45) is 5.92 Å². The summed E-state index contributed by atoms with van der Waals surface area (Å²) in [5.41, 5.74) is 1.08. The van der Waals surface area contributed by atoms with E-state index in [2.05, 4.69) is 17.6 Å². The maximum atomic E-state index is 12.1. The minimum absolute atomic E-state index is 0.0342. The van der Waals surface area contributed by atoms with Crippen LogP contribution in [-0.4, -0.2) is 18.5 Å². The lowest BCUT2D eigenvalue weighted by atomic mass is 10.0. The molecule has 1 aromatic heterocycles. The SMILES string of the molecule is C[C@H](NC(=O)CN[C@@H](c1ccccc1)c1ccco1)C1CC1. The van der Waals surface area contributed by atoms with Crippen molar-refractivity contribution in [2.75, 3.05) is 6.54 Å². The van der Waals surface area contributed by atoms with Crippen molar-refractivity contribution < 1.29 is 9.21 Å². The van der Waals surface area contributed by atoms with Crippen LogP contribution in [0, 0.1) is 5.92 Å². The Kier molecular flexibility index (Phi) is 4.59. The first-order valence-corrected chi connectivity index (χ1v) is 7.85. The van der Waals surface area contributed by atoms with Crippen LogP contribution >= 0.6 is 0 Å². The highest BCUT2D eigenvalue weighted by Gasteiger charge is 2.29. The van der Waals surface area contributed by atoms with Crippen molar-refractivity contribution in [3.63, 3.8) is 0 Å². The molecule has 0 unspecified atom stereocenters. The Bertz CT molecular complexity index is 591. The molecule has 1 aliphatic rings. The molecule has 0 bridgehead atoms. The van der Waals surface area contributed by atoms with Crippen LogP contribution in [0.25, 0.3) is 0 Å². The molecule has 0 saturated heterocycles. The maximum Gasteiger partial charge on any atom is 0.234 e. The molecular weight excluding hydrogens is 276 g/mol. The van der Waals surface area contributed by atoms with Gasteiger partial charge in [0.15, 0.2) is 0 Å². The fourth-order valence-electron chi connectivity index (χ4n) is 2.70. The van der Waals surface area contributed by atoms with Crippen LogP contribution in [0.5, 0.6) is 0 Å². The summed E-state index contributed by atoms with van der Waals surface area (Å²) in [6, 6.07) is 14.0. The molecule has 1 aliphatic carbocycles. The van der Waals surface area contributed by atoms with Crippen molar-refractivity contribution in [1.82, 2.24) is 10.6 Å². The van der Waals surface area contributed by atoms with E-state index in [4.69, 9.17) is 4.42 Å². The van der Waals surface area contributed by atoms with E-state index >= 15 is 0 Å². The van der Waals surface area contributed by atoms with Crippen LogP contribution in [0.15, 0.2) is 53.1 Å². The van der Waals surface area contributed by atoms with Gasteiger partial charge in [-0.15, -0.1) is 0 Å². The first-order valence-electron chi connectivity index (χ1n) is 7.85. The minimum Gasteiger partial charge on any atom is -0.467 e. The molecule has 2 atom stereocenters. The number of hydrogen-bond acceptors (Lipinski definition) is 3. The number of nitrogens with one attached hydrogen (secondary N) is 2. The molecule has 1 amide bonds. The van der Waals surface area contributed by atoms with E-state index in [1.54, 1.807) is 6.26 Å². The van der Waals surface area contributed by atoms with Crippen molar-refractivity contribution in [2.45, 2.75) is 31.8 Å². The van der Waals surface area contributed by atoms with Gasteiger partial charge in [-0.1, -0.05) is 30.3 Å². The molecule has 4 nitrogen and oxygen atoms in total.